The van der Waals surface area contributed by atoms with E-state index >= 15 is 0 Å². The molecule has 7 heteroatoms. The molecule has 1 fully saturated rings. The van der Waals surface area contributed by atoms with Crippen LogP contribution in [0.5, 0.6) is 0 Å². The fraction of sp³-hybridized carbons (Fsp3) is 0.167. The van der Waals surface area contributed by atoms with Crippen molar-refractivity contribution in [3.05, 3.63) is 78.0 Å². The average molecular weight is 435 g/mol. The Balaban J connectivity index is 1.54. The maximum atomic E-state index is 14.1. The first kappa shape index (κ1) is 19.7. The van der Waals surface area contributed by atoms with Gasteiger partial charge in [-0.05, 0) is 42.0 Å². The number of nitrogens with one attached hydrogen (secondary N) is 1. The first-order chi connectivity index (χ1) is 15.2. The molecule has 1 N–H and O–H groups in total. The largest absolute Gasteiger partial charge is 0.378 e. The van der Waals surface area contributed by atoms with Crippen molar-refractivity contribution in [1.29, 1.82) is 0 Å². The Labute approximate surface area is 184 Å². The summed E-state index contributed by atoms with van der Waals surface area (Å²) in [5, 5.41) is 4.40. The molecule has 0 atom stereocenters. The van der Waals surface area contributed by atoms with Gasteiger partial charge in [-0.15, -0.1) is 0 Å². The van der Waals surface area contributed by atoms with Crippen molar-refractivity contribution in [1.82, 2.24) is 9.97 Å². The highest BCUT2D eigenvalue weighted by Gasteiger charge is 2.15. The van der Waals surface area contributed by atoms with E-state index in [1.54, 1.807) is 24.4 Å². The van der Waals surface area contributed by atoms with Gasteiger partial charge in [0.25, 0.3) is 0 Å². The summed E-state index contributed by atoms with van der Waals surface area (Å²) >= 11 is 6.28. The number of hydrogen-bond acceptors (Lipinski definition) is 5. The van der Waals surface area contributed by atoms with E-state index in [4.69, 9.17) is 16.3 Å². The second-order valence-electron chi connectivity index (χ2n) is 7.33. The molecule has 0 radical (unpaired) electrons. The number of halogens is 2. The number of fused-ring (bicyclic) bond motifs is 1. The number of morpholine rings is 1. The number of nitrogens with zero attached hydrogens (tertiary/aromatic N) is 3. The van der Waals surface area contributed by atoms with Gasteiger partial charge in [0.05, 0.1) is 30.1 Å². The number of rotatable bonds is 4. The van der Waals surface area contributed by atoms with E-state index in [2.05, 4.69) is 26.3 Å². The average Bonchev–Trinajstić information content (AvgIpc) is 2.82. The van der Waals surface area contributed by atoms with Gasteiger partial charge in [-0.2, -0.15) is 0 Å². The van der Waals surface area contributed by atoms with Crippen molar-refractivity contribution < 1.29 is 9.13 Å². The molecule has 31 heavy (non-hydrogen) atoms. The van der Waals surface area contributed by atoms with Gasteiger partial charge in [0.1, 0.15) is 5.82 Å². The van der Waals surface area contributed by atoms with Gasteiger partial charge in [-0.3, -0.25) is 4.98 Å². The third-order valence-electron chi connectivity index (χ3n) is 5.39. The van der Waals surface area contributed by atoms with Crippen LogP contribution in [0.2, 0.25) is 5.15 Å². The molecule has 0 aliphatic carbocycles. The van der Waals surface area contributed by atoms with Crippen LogP contribution < -0.4 is 10.2 Å². The maximum absolute atomic E-state index is 14.1. The molecule has 1 aliphatic heterocycles. The topological polar surface area (TPSA) is 50.3 Å². The van der Waals surface area contributed by atoms with E-state index in [1.807, 2.05) is 30.5 Å². The van der Waals surface area contributed by atoms with E-state index in [9.17, 15) is 4.39 Å². The van der Waals surface area contributed by atoms with E-state index in [-0.39, 0.29) is 11.0 Å². The Kier molecular flexibility index (Phi) is 5.40. The predicted molar refractivity (Wildman–Crippen MR) is 123 cm³/mol. The van der Waals surface area contributed by atoms with E-state index in [0.717, 1.165) is 54.0 Å². The highest BCUT2D eigenvalue weighted by Crippen LogP contribution is 2.33. The molecule has 5 rings (SSSR count). The van der Waals surface area contributed by atoms with Crippen LogP contribution in [0.25, 0.3) is 22.0 Å². The molecule has 5 nitrogen and oxygen atoms in total. The molecule has 156 valence electrons. The third kappa shape index (κ3) is 4.04. The highest BCUT2D eigenvalue weighted by atomic mass is 35.5. The molecule has 2 aromatic heterocycles. The minimum Gasteiger partial charge on any atom is -0.378 e. The van der Waals surface area contributed by atoms with Crippen molar-refractivity contribution in [3.8, 4) is 11.1 Å². The zero-order chi connectivity index (χ0) is 21.2. The monoisotopic (exact) mass is 434 g/mol. The minimum absolute atomic E-state index is 0.281. The van der Waals surface area contributed by atoms with Gasteiger partial charge in [0.15, 0.2) is 5.15 Å². The van der Waals surface area contributed by atoms with Crippen molar-refractivity contribution in [2.24, 2.45) is 0 Å². The number of hydrogen-bond donors (Lipinski definition) is 1. The van der Waals surface area contributed by atoms with Crippen LogP contribution in [-0.2, 0) is 4.74 Å². The molecular weight excluding hydrogens is 415 g/mol. The SMILES string of the molecule is Fc1ccccc1Nc1cc(-c2ccc3nccc(N4CCOCC4)c3c2)cnc1Cl. The van der Waals surface area contributed by atoms with Crippen LogP contribution in [-0.4, -0.2) is 36.3 Å². The molecule has 2 aromatic carbocycles. The molecule has 1 saturated heterocycles. The lowest BCUT2D eigenvalue weighted by atomic mass is 10.0. The summed E-state index contributed by atoms with van der Waals surface area (Å²) < 4.78 is 19.6. The van der Waals surface area contributed by atoms with Crippen LogP contribution in [0.1, 0.15) is 0 Å². The summed E-state index contributed by atoms with van der Waals surface area (Å²) in [4.78, 5) is 11.2. The van der Waals surface area contributed by atoms with Gasteiger partial charge in [0.2, 0.25) is 0 Å². The van der Waals surface area contributed by atoms with Gasteiger partial charge < -0.3 is 15.0 Å². The smallest absolute Gasteiger partial charge is 0.152 e. The van der Waals surface area contributed by atoms with Crippen molar-refractivity contribution >= 4 is 39.6 Å². The molecule has 1 aliphatic rings. The van der Waals surface area contributed by atoms with Crippen LogP contribution in [0, 0.1) is 5.82 Å². The molecule has 0 spiro atoms. The van der Waals surface area contributed by atoms with Crippen molar-refractivity contribution in [2.75, 3.05) is 36.5 Å². The van der Waals surface area contributed by atoms with Crippen LogP contribution in [0.15, 0.2) is 67.0 Å². The van der Waals surface area contributed by atoms with Crippen LogP contribution >= 0.6 is 11.6 Å². The van der Waals surface area contributed by atoms with Gasteiger partial charge in [-0.25, -0.2) is 9.37 Å². The van der Waals surface area contributed by atoms with E-state index < -0.39 is 0 Å². The Bertz CT molecular complexity index is 1240. The molecule has 3 heterocycles. The van der Waals surface area contributed by atoms with Crippen molar-refractivity contribution in [3.63, 3.8) is 0 Å². The number of aromatic nitrogens is 2. The number of anilines is 3. The fourth-order valence-electron chi connectivity index (χ4n) is 3.79. The van der Waals surface area contributed by atoms with E-state index in [1.165, 1.54) is 6.07 Å². The summed E-state index contributed by atoms with van der Waals surface area (Å²) in [6, 6.07) is 16.5. The Morgan fingerprint density at radius 2 is 1.77 bits per heavy atom. The number of para-hydroxylation sites is 1. The summed E-state index contributed by atoms with van der Waals surface area (Å²) in [5.74, 6) is -0.351. The first-order valence-electron chi connectivity index (χ1n) is 10.1. The number of ether oxygens (including phenoxy) is 1. The van der Waals surface area contributed by atoms with Crippen LogP contribution in [0.3, 0.4) is 0 Å². The lowest BCUT2D eigenvalue weighted by molar-refractivity contribution is 0.123. The lowest BCUT2D eigenvalue weighted by Crippen LogP contribution is -2.36. The normalized spacial score (nSPS) is 14.1. The third-order valence-corrected chi connectivity index (χ3v) is 5.69. The van der Waals surface area contributed by atoms with E-state index in [0.29, 0.717) is 11.4 Å². The second kappa shape index (κ2) is 8.49. The second-order valence-corrected chi connectivity index (χ2v) is 7.69. The van der Waals surface area contributed by atoms with Crippen molar-refractivity contribution in [2.45, 2.75) is 0 Å². The molecular formula is C24H20ClFN4O. The van der Waals surface area contributed by atoms with Crippen LogP contribution in [0.4, 0.5) is 21.5 Å². The molecule has 0 unspecified atom stereocenters. The molecule has 0 amide bonds. The van der Waals surface area contributed by atoms with Gasteiger partial charge in [0, 0.05) is 42.1 Å². The summed E-state index contributed by atoms with van der Waals surface area (Å²) in [7, 11) is 0. The first-order valence-corrected chi connectivity index (χ1v) is 10.5. The zero-order valence-electron chi connectivity index (χ0n) is 16.7. The van der Waals surface area contributed by atoms with Gasteiger partial charge >= 0.3 is 0 Å². The zero-order valence-corrected chi connectivity index (χ0v) is 17.4. The number of benzene rings is 2. The minimum atomic E-state index is -0.351. The Morgan fingerprint density at radius 3 is 2.61 bits per heavy atom. The fourth-order valence-corrected chi connectivity index (χ4v) is 3.94. The highest BCUT2D eigenvalue weighted by molar-refractivity contribution is 6.32. The standard InChI is InChI=1S/C24H20ClFN4O/c25-24-22(29-21-4-2-1-3-19(21)26)14-17(15-28-24)16-5-6-20-18(13-16)23(7-8-27-20)30-9-11-31-12-10-30/h1-8,13-15,29H,9-12H2. The summed E-state index contributed by atoms with van der Waals surface area (Å²) in [5.41, 5.74) is 4.82. The Morgan fingerprint density at radius 1 is 0.935 bits per heavy atom. The molecule has 4 aromatic rings. The molecule has 0 saturated carbocycles. The van der Waals surface area contributed by atoms with Gasteiger partial charge in [-0.1, -0.05) is 29.8 Å². The number of pyridine rings is 2. The maximum Gasteiger partial charge on any atom is 0.152 e. The summed E-state index contributed by atoms with van der Waals surface area (Å²) in [6.45, 7) is 3.14. The quantitative estimate of drug-likeness (QED) is 0.419. The summed E-state index contributed by atoms with van der Waals surface area (Å²) in [6.07, 6.45) is 3.56. The lowest BCUT2D eigenvalue weighted by Gasteiger charge is -2.29. The predicted octanol–water partition coefficient (Wildman–Crippen LogP) is 5.67. The Hall–Kier alpha value is -3.22. The molecule has 0 bridgehead atoms.